The molecule has 0 saturated carbocycles. The standard InChI is InChI=1S/C36H56N6O6/c1-5-24(3)32-36(47)41-20-13-12-18-31(41)35(46)38-28(16-9-7-8-14-26(6-2)37-19-21-43)33(44)39-29(34(45)40-32)22-25-23-42(48-4)30-17-11-10-15-27(25)30/h10-11,15,17,23-24,26,28-29,31-32,37,43H,5-9,12-14,16,18-22H2,1-4H3,(H,38,46)(H,39,44)(H,40,45)/t24?,26?,28-,29-,31+,32-/m0/s1. The molecule has 4 amide bonds. The number of hydrogen-bond acceptors (Lipinski definition) is 7. The fourth-order valence-electron chi connectivity index (χ4n) is 6.99. The number of hydrogen-bond donors (Lipinski definition) is 5. The summed E-state index contributed by atoms with van der Waals surface area (Å²) in [5.74, 6) is -1.60. The summed E-state index contributed by atoms with van der Waals surface area (Å²) in [6.07, 6.45) is 9.56. The van der Waals surface area contributed by atoms with E-state index in [-0.39, 0.29) is 30.8 Å². The molecule has 266 valence electrons. The Labute approximate surface area is 284 Å². The molecule has 6 atom stereocenters. The first kappa shape index (κ1) is 37.2. The number of aliphatic hydroxyl groups excluding tert-OH is 1. The number of para-hydroxylation sites is 1. The lowest BCUT2D eigenvalue weighted by Gasteiger charge is -2.39. The number of nitrogens with one attached hydrogen (secondary N) is 4. The van der Waals surface area contributed by atoms with Crippen molar-refractivity contribution in [1.82, 2.24) is 30.9 Å². The van der Waals surface area contributed by atoms with Gasteiger partial charge in [-0.1, -0.05) is 64.7 Å². The van der Waals surface area contributed by atoms with Crippen molar-refractivity contribution in [2.45, 2.75) is 122 Å². The first-order valence-electron chi connectivity index (χ1n) is 17.9. The second kappa shape index (κ2) is 18.2. The number of nitrogens with zero attached hydrogens (tertiary/aromatic N) is 2. The van der Waals surface area contributed by atoms with E-state index >= 15 is 0 Å². The molecule has 2 fully saturated rings. The highest BCUT2D eigenvalue weighted by Crippen LogP contribution is 2.24. The molecule has 5 N–H and O–H groups in total. The van der Waals surface area contributed by atoms with Crippen molar-refractivity contribution in [3.05, 3.63) is 36.0 Å². The predicted molar refractivity (Wildman–Crippen MR) is 185 cm³/mol. The highest BCUT2D eigenvalue weighted by atomic mass is 16.6. The van der Waals surface area contributed by atoms with E-state index in [0.29, 0.717) is 44.8 Å². The van der Waals surface area contributed by atoms with Gasteiger partial charge in [0.25, 0.3) is 0 Å². The van der Waals surface area contributed by atoms with Crippen molar-refractivity contribution in [3.8, 4) is 0 Å². The molecule has 4 rings (SSSR count). The SMILES string of the molecule is CCC(CCCCC[C@@H]1NC(=O)[C@H]2CCCCN2C(=O)[C@H](C(C)CC)NC(=O)[C@H](Cc2cn(OC)c3ccccc23)NC1=O)NCCO. The number of piperidine rings is 1. The molecule has 12 nitrogen and oxygen atoms in total. The van der Waals surface area contributed by atoms with Crippen LogP contribution in [0.2, 0.25) is 0 Å². The van der Waals surface area contributed by atoms with Crippen LogP contribution in [0.3, 0.4) is 0 Å². The fourth-order valence-corrected chi connectivity index (χ4v) is 6.99. The third-order valence-corrected chi connectivity index (χ3v) is 10.1. The summed E-state index contributed by atoms with van der Waals surface area (Å²) in [4.78, 5) is 63.3. The zero-order valence-corrected chi connectivity index (χ0v) is 29.1. The first-order chi connectivity index (χ1) is 23.2. The van der Waals surface area contributed by atoms with Crippen LogP contribution in [0.25, 0.3) is 10.9 Å². The van der Waals surface area contributed by atoms with Gasteiger partial charge in [0.2, 0.25) is 23.6 Å². The van der Waals surface area contributed by atoms with Gasteiger partial charge in [0.05, 0.1) is 12.1 Å². The molecule has 0 spiro atoms. The first-order valence-corrected chi connectivity index (χ1v) is 17.9. The van der Waals surface area contributed by atoms with Crippen molar-refractivity contribution in [1.29, 1.82) is 0 Å². The summed E-state index contributed by atoms with van der Waals surface area (Å²) in [6, 6.07) is 4.64. The number of carbonyl (C=O) groups is 4. The molecular weight excluding hydrogens is 612 g/mol. The van der Waals surface area contributed by atoms with E-state index in [9.17, 15) is 19.2 Å². The monoisotopic (exact) mass is 668 g/mol. The minimum Gasteiger partial charge on any atom is -0.417 e. The number of carbonyl (C=O) groups excluding carboxylic acids is 4. The second-order valence-electron chi connectivity index (χ2n) is 13.3. The summed E-state index contributed by atoms with van der Waals surface area (Å²) in [6.45, 7) is 7.10. The quantitative estimate of drug-likeness (QED) is 0.183. The van der Waals surface area contributed by atoms with Gasteiger partial charge in [-0.3, -0.25) is 19.2 Å². The highest BCUT2D eigenvalue weighted by Gasteiger charge is 2.41. The molecule has 3 heterocycles. The second-order valence-corrected chi connectivity index (χ2v) is 13.3. The van der Waals surface area contributed by atoms with Gasteiger partial charge in [-0.2, -0.15) is 4.73 Å². The number of amides is 4. The smallest absolute Gasteiger partial charge is 0.246 e. The maximum Gasteiger partial charge on any atom is 0.246 e. The number of unbranched alkanes of at least 4 members (excludes halogenated alkanes) is 2. The number of aromatic nitrogens is 1. The average Bonchev–Trinajstić information content (AvgIpc) is 3.46. The van der Waals surface area contributed by atoms with Crippen molar-refractivity contribution >= 4 is 34.5 Å². The Balaban J connectivity index is 1.61. The highest BCUT2D eigenvalue weighted by molar-refractivity contribution is 5.98. The van der Waals surface area contributed by atoms with Gasteiger partial charge >= 0.3 is 0 Å². The van der Waals surface area contributed by atoms with Crippen LogP contribution in [0.4, 0.5) is 0 Å². The van der Waals surface area contributed by atoms with Crippen LogP contribution in [0, 0.1) is 5.92 Å². The number of fused-ring (bicyclic) bond motifs is 2. The third kappa shape index (κ3) is 9.28. The molecule has 2 aromatic rings. The van der Waals surface area contributed by atoms with Crippen molar-refractivity contribution in [2.24, 2.45) is 5.92 Å². The molecule has 0 aliphatic carbocycles. The summed E-state index contributed by atoms with van der Waals surface area (Å²) >= 11 is 0. The molecular formula is C36H56N6O6. The number of rotatable bonds is 15. The van der Waals surface area contributed by atoms with Crippen LogP contribution in [-0.2, 0) is 25.6 Å². The molecule has 0 radical (unpaired) electrons. The van der Waals surface area contributed by atoms with Crippen LogP contribution in [0.1, 0.15) is 90.5 Å². The minimum atomic E-state index is -0.994. The van der Waals surface area contributed by atoms with E-state index in [1.807, 2.05) is 44.3 Å². The summed E-state index contributed by atoms with van der Waals surface area (Å²) in [5.41, 5.74) is 1.64. The van der Waals surface area contributed by atoms with Gasteiger partial charge in [-0.05, 0) is 56.1 Å². The predicted octanol–water partition coefficient (Wildman–Crippen LogP) is 2.45. The Kier molecular flexibility index (Phi) is 14.1. The van der Waals surface area contributed by atoms with Crippen LogP contribution >= 0.6 is 0 Å². The molecule has 12 heteroatoms. The van der Waals surface area contributed by atoms with Gasteiger partial charge in [-0.15, -0.1) is 0 Å². The van der Waals surface area contributed by atoms with Gasteiger partial charge in [0.15, 0.2) is 0 Å². The van der Waals surface area contributed by atoms with Crippen molar-refractivity contribution < 1.29 is 29.1 Å². The van der Waals surface area contributed by atoms with Crippen molar-refractivity contribution in [2.75, 3.05) is 26.8 Å². The lowest BCUT2D eigenvalue weighted by Crippen LogP contribution is -2.64. The molecule has 0 bridgehead atoms. The van der Waals surface area contributed by atoms with Crippen LogP contribution in [0.15, 0.2) is 30.5 Å². The summed E-state index contributed by atoms with van der Waals surface area (Å²) in [5, 5.41) is 22.4. The van der Waals surface area contributed by atoms with Crippen LogP contribution in [0.5, 0.6) is 0 Å². The van der Waals surface area contributed by atoms with Crippen LogP contribution < -0.4 is 26.1 Å². The summed E-state index contributed by atoms with van der Waals surface area (Å²) < 4.78 is 1.63. The van der Waals surface area contributed by atoms with Gasteiger partial charge in [0, 0.05) is 37.1 Å². The zero-order chi connectivity index (χ0) is 34.6. The molecule has 2 saturated heterocycles. The zero-order valence-electron chi connectivity index (χ0n) is 29.1. The lowest BCUT2D eigenvalue weighted by atomic mass is 9.93. The Morgan fingerprint density at radius 1 is 0.958 bits per heavy atom. The maximum atomic E-state index is 14.1. The molecule has 2 aliphatic heterocycles. The van der Waals surface area contributed by atoms with Gasteiger partial charge in [-0.25, -0.2) is 0 Å². The lowest BCUT2D eigenvalue weighted by molar-refractivity contribution is -0.147. The Hall–Kier alpha value is -3.64. The molecule has 2 aliphatic rings. The number of aliphatic hydroxyl groups is 1. The van der Waals surface area contributed by atoms with Crippen molar-refractivity contribution in [3.63, 3.8) is 0 Å². The molecule has 2 unspecified atom stereocenters. The number of benzene rings is 1. The Morgan fingerprint density at radius 3 is 2.44 bits per heavy atom. The van der Waals surface area contributed by atoms with Gasteiger partial charge < -0.3 is 36.1 Å². The largest absolute Gasteiger partial charge is 0.417 e. The molecule has 48 heavy (non-hydrogen) atoms. The topological polar surface area (TPSA) is 154 Å². The minimum absolute atomic E-state index is 0.0999. The van der Waals surface area contributed by atoms with E-state index in [4.69, 9.17) is 9.94 Å². The van der Waals surface area contributed by atoms with Gasteiger partial charge in [0.1, 0.15) is 31.3 Å². The summed E-state index contributed by atoms with van der Waals surface area (Å²) in [7, 11) is 1.57. The van der Waals surface area contributed by atoms with Crippen LogP contribution in [-0.4, -0.2) is 95.4 Å². The van der Waals surface area contributed by atoms with E-state index in [0.717, 1.165) is 55.0 Å². The average molecular weight is 669 g/mol. The van der Waals surface area contributed by atoms with E-state index < -0.39 is 36.0 Å². The fraction of sp³-hybridized carbons (Fsp3) is 0.667. The third-order valence-electron chi connectivity index (χ3n) is 10.1. The maximum absolute atomic E-state index is 14.1. The van der Waals surface area contributed by atoms with E-state index in [1.54, 1.807) is 16.7 Å². The molecule has 1 aromatic heterocycles. The van der Waals surface area contributed by atoms with E-state index in [1.165, 1.54) is 0 Å². The Morgan fingerprint density at radius 2 is 1.71 bits per heavy atom. The normalized spacial score (nSPS) is 23.7. The van der Waals surface area contributed by atoms with E-state index in [2.05, 4.69) is 28.2 Å². The molecule has 1 aromatic carbocycles. The Bertz CT molecular complexity index is 1380.